The van der Waals surface area contributed by atoms with Crippen molar-refractivity contribution in [2.75, 3.05) is 0 Å². The first-order valence-electron chi connectivity index (χ1n) is 7.82. The summed E-state index contributed by atoms with van der Waals surface area (Å²) in [5, 5.41) is 2.68. The molecule has 0 radical (unpaired) electrons. The van der Waals surface area contributed by atoms with Crippen molar-refractivity contribution in [1.82, 2.24) is 4.98 Å². The molecule has 0 amide bonds. The molecule has 1 N–H and O–H groups in total. The second kappa shape index (κ2) is 4.78. The highest BCUT2D eigenvalue weighted by atomic mass is 35.5. The van der Waals surface area contributed by atoms with E-state index in [1.807, 2.05) is 0 Å². The van der Waals surface area contributed by atoms with Gasteiger partial charge >= 0.3 is 0 Å². The van der Waals surface area contributed by atoms with Gasteiger partial charge in [-0.1, -0.05) is 44.0 Å². The summed E-state index contributed by atoms with van der Waals surface area (Å²) in [5.41, 5.74) is 3.91. The second-order valence-corrected chi connectivity index (χ2v) is 7.14. The Bertz CT molecular complexity index is 796. The highest BCUT2D eigenvalue weighted by molar-refractivity contribution is 6.21. The fraction of sp³-hybridized carbons (Fsp3) is 0.368. The first-order chi connectivity index (χ1) is 10.2. The Labute approximate surface area is 130 Å². The second-order valence-electron chi connectivity index (χ2n) is 6.70. The molecule has 1 aliphatic carbocycles. The lowest BCUT2D eigenvalue weighted by Gasteiger charge is -2.29. The molecule has 1 atom stereocenters. The van der Waals surface area contributed by atoms with Crippen molar-refractivity contribution >= 4 is 33.4 Å². The molecular formula is C19H20ClN. The number of hydrogen-bond donors (Lipinski definition) is 1. The van der Waals surface area contributed by atoms with E-state index in [2.05, 4.69) is 54.4 Å². The fourth-order valence-corrected chi connectivity index (χ4v) is 4.22. The molecule has 2 aromatic carbocycles. The molecule has 2 heteroatoms. The topological polar surface area (TPSA) is 15.8 Å². The van der Waals surface area contributed by atoms with E-state index >= 15 is 0 Å². The molecule has 1 heterocycles. The number of para-hydroxylation sites is 1. The Morgan fingerprint density at radius 1 is 1.00 bits per heavy atom. The summed E-state index contributed by atoms with van der Waals surface area (Å²) in [6.45, 7) is 2.34. The molecule has 0 bridgehead atoms. The average Bonchev–Trinajstić information content (AvgIpc) is 3.10. The highest BCUT2D eigenvalue weighted by Crippen LogP contribution is 2.50. The Kier molecular flexibility index (Phi) is 3.00. The van der Waals surface area contributed by atoms with E-state index in [-0.39, 0.29) is 10.8 Å². The molecule has 1 saturated carbocycles. The molecule has 108 valence electrons. The van der Waals surface area contributed by atoms with Gasteiger partial charge in [-0.3, -0.25) is 0 Å². The maximum atomic E-state index is 6.86. The maximum Gasteiger partial charge on any atom is 0.0639 e. The van der Waals surface area contributed by atoms with Gasteiger partial charge in [0.15, 0.2) is 0 Å². The number of aromatic amines is 1. The predicted octanol–water partition coefficient (Wildman–Crippen LogP) is 6.18. The Balaban J connectivity index is 1.84. The van der Waals surface area contributed by atoms with Crippen LogP contribution in [0.3, 0.4) is 0 Å². The standard InChI is InChI=1S/C19H20ClN/c1-19(10-4-5-11-19)18(20)13-8-9-17-15(12-13)14-6-2-3-7-16(14)21-17/h2-3,6-9,12,18,21H,4-5,10-11H2,1H3. The quantitative estimate of drug-likeness (QED) is 0.543. The van der Waals surface area contributed by atoms with Gasteiger partial charge in [-0.25, -0.2) is 0 Å². The van der Waals surface area contributed by atoms with Crippen LogP contribution in [0.5, 0.6) is 0 Å². The molecule has 1 fully saturated rings. The zero-order valence-electron chi connectivity index (χ0n) is 12.3. The van der Waals surface area contributed by atoms with Crippen LogP contribution in [0.25, 0.3) is 21.8 Å². The third-order valence-corrected chi connectivity index (χ3v) is 5.96. The molecule has 0 aliphatic heterocycles. The smallest absolute Gasteiger partial charge is 0.0639 e. The Morgan fingerprint density at radius 2 is 1.71 bits per heavy atom. The molecule has 1 nitrogen and oxygen atoms in total. The minimum Gasteiger partial charge on any atom is -0.355 e. The van der Waals surface area contributed by atoms with E-state index in [4.69, 9.17) is 11.6 Å². The predicted molar refractivity (Wildman–Crippen MR) is 91.0 cm³/mol. The lowest BCUT2D eigenvalue weighted by atomic mass is 9.81. The summed E-state index contributed by atoms with van der Waals surface area (Å²) in [6, 6.07) is 15.1. The molecule has 3 aromatic rings. The van der Waals surface area contributed by atoms with Crippen molar-refractivity contribution in [3.05, 3.63) is 48.0 Å². The molecule has 1 unspecified atom stereocenters. The van der Waals surface area contributed by atoms with E-state index in [1.165, 1.54) is 53.1 Å². The zero-order valence-corrected chi connectivity index (χ0v) is 13.1. The molecule has 1 aliphatic rings. The van der Waals surface area contributed by atoms with Gasteiger partial charge in [0.05, 0.1) is 5.38 Å². The number of halogens is 1. The minimum absolute atomic E-state index is 0.109. The van der Waals surface area contributed by atoms with Crippen LogP contribution in [0.1, 0.15) is 43.5 Å². The lowest BCUT2D eigenvalue weighted by molar-refractivity contribution is 0.322. The number of rotatable bonds is 2. The summed E-state index contributed by atoms with van der Waals surface area (Å²) in [6.07, 6.45) is 5.12. The van der Waals surface area contributed by atoms with Crippen LogP contribution in [-0.2, 0) is 0 Å². The van der Waals surface area contributed by atoms with Crippen LogP contribution in [-0.4, -0.2) is 4.98 Å². The number of H-pyrrole nitrogens is 1. The van der Waals surface area contributed by atoms with Gasteiger partial charge in [0, 0.05) is 21.8 Å². The molecule has 1 aromatic heterocycles. The van der Waals surface area contributed by atoms with Gasteiger partial charge in [0.2, 0.25) is 0 Å². The van der Waals surface area contributed by atoms with Crippen molar-refractivity contribution < 1.29 is 0 Å². The number of nitrogens with one attached hydrogen (secondary N) is 1. The minimum atomic E-state index is 0.109. The van der Waals surface area contributed by atoms with Gasteiger partial charge < -0.3 is 4.98 Å². The summed E-state index contributed by atoms with van der Waals surface area (Å²) in [7, 11) is 0. The van der Waals surface area contributed by atoms with Gasteiger partial charge in [0.1, 0.15) is 0 Å². The molecule has 0 spiro atoms. The number of benzene rings is 2. The van der Waals surface area contributed by atoms with Crippen LogP contribution >= 0.6 is 11.6 Å². The highest BCUT2D eigenvalue weighted by Gasteiger charge is 2.36. The fourth-order valence-electron chi connectivity index (χ4n) is 3.86. The first kappa shape index (κ1) is 13.2. The van der Waals surface area contributed by atoms with Crippen molar-refractivity contribution in [2.24, 2.45) is 5.41 Å². The Hall–Kier alpha value is -1.47. The summed E-state index contributed by atoms with van der Waals surface area (Å²) < 4.78 is 0. The van der Waals surface area contributed by atoms with Crippen LogP contribution in [0.4, 0.5) is 0 Å². The first-order valence-corrected chi connectivity index (χ1v) is 8.25. The van der Waals surface area contributed by atoms with Crippen molar-refractivity contribution in [1.29, 1.82) is 0 Å². The van der Waals surface area contributed by atoms with Gasteiger partial charge in [0.25, 0.3) is 0 Å². The third-order valence-electron chi connectivity index (χ3n) is 5.18. The summed E-state index contributed by atoms with van der Waals surface area (Å²) in [4.78, 5) is 3.48. The van der Waals surface area contributed by atoms with E-state index in [0.717, 1.165) is 0 Å². The van der Waals surface area contributed by atoms with Crippen LogP contribution in [0, 0.1) is 5.41 Å². The SMILES string of the molecule is CC1(C(Cl)c2ccc3[nH]c4ccccc4c3c2)CCCC1. The van der Waals surface area contributed by atoms with E-state index < -0.39 is 0 Å². The number of hydrogen-bond acceptors (Lipinski definition) is 0. The van der Waals surface area contributed by atoms with Crippen molar-refractivity contribution in [3.63, 3.8) is 0 Å². The Morgan fingerprint density at radius 3 is 2.52 bits per heavy atom. The number of alkyl halides is 1. The van der Waals surface area contributed by atoms with Crippen LogP contribution < -0.4 is 0 Å². The molecule has 4 rings (SSSR count). The van der Waals surface area contributed by atoms with Crippen LogP contribution in [0.2, 0.25) is 0 Å². The third kappa shape index (κ3) is 2.06. The normalized spacial score (nSPS) is 19.3. The summed E-state index contributed by atoms with van der Waals surface area (Å²) in [5.74, 6) is 0. The average molecular weight is 298 g/mol. The molecular weight excluding hydrogens is 278 g/mol. The van der Waals surface area contributed by atoms with Crippen LogP contribution in [0.15, 0.2) is 42.5 Å². The van der Waals surface area contributed by atoms with E-state index in [0.29, 0.717) is 0 Å². The number of aromatic nitrogens is 1. The van der Waals surface area contributed by atoms with Gasteiger partial charge in [-0.05, 0) is 42.0 Å². The van der Waals surface area contributed by atoms with Gasteiger partial charge in [-0.15, -0.1) is 11.6 Å². The monoisotopic (exact) mass is 297 g/mol. The van der Waals surface area contributed by atoms with Crippen molar-refractivity contribution in [3.8, 4) is 0 Å². The van der Waals surface area contributed by atoms with Crippen molar-refractivity contribution in [2.45, 2.75) is 38.0 Å². The number of fused-ring (bicyclic) bond motifs is 3. The zero-order chi connectivity index (χ0) is 14.4. The van der Waals surface area contributed by atoms with E-state index in [1.54, 1.807) is 0 Å². The van der Waals surface area contributed by atoms with E-state index in [9.17, 15) is 0 Å². The van der Waals surface area contributed by atoms with Gasteiger partial charge in [-0.2, -0.15) is 0 Å². The maximum absolute atomic E-state index is 6.86. The lowest BCUT2D eigenvalue weighted by Crippen LogP contribution is -2.17. The molecule has 21 heavy (non-hydrogen) atoms. The summed E-state index contributed by atoms with van der Waals surface area (Å²) >= 11 is 6.86. The largest absolute Gasteiger partial charge is 0.355 e. The molecule has 0 saturated heterocycles.